The van der Waals surface area contributed by atoms with Crippen LogP contribution in [0, 0.1) is 0 Å². The Hall–Kier alpha value is -3.06. The molecule has 3 heterocycles. The average molecular weight is 447 g/mol. The van der Waals surface area contributed by atoms with Gasteiger partial charge < -0.3 is 14.8 Å². The van der Waals surface area contributed by atoms with Gasteiger partial charge in [-0.25, -0.2) is 4.98 Å². The highest BCUT2D eigenvalue weighted by Gasteiger charge is 2.24. The topological polar surface area (TPSA) is 67.2 Å². The van der Waals surface area contributed by atoms with E-state index in [4.69, 9.17) is 0 Å². The zero-order valence-corrected chi connectivity index (χ0v) is 18.7. The molecule has 1 aromatic heterocycles. The molecule has 1 N–H and O–H groups in total. The van der Waals surface area contributed by atoms with Crippen molar-refractivity contribution in [1.29, 1.82) is 0 Å². The summed E-state index contributed by atoms with van der Waals surface area (Å²) in [4.78, 5) is 33.1. The summed E-state index contributed by atoms with van der Waals surface area (Å²) in [5.41, 5.74) is 3.71. The molecule has 3 aromatic rings. The van der Waals surface area contributed by atoms with Crippen LogP contribution >= 0.6 is 11.8 Å². The van der Waals surface area contributed by atoms with E-state index in [1.807, 2.05) is 53.6 Å². The largest absolute Gasteiger partial charge is 0.346 e. The van der Waals surface area contributed by atoms with Crippen molar-refractivity contribution in [3.63, 3.8) is 0 Å². The fraction of sp³-hybridized carbons (Fsp3) is 0.320. The maximum absolute atomic E-state index is 12.9. The first kappa shape index (κ1) is 20.8. The van der Waals surface area contributed by atoms with Crippen LogP contribution in [0.2, 0.25) is 0 Å². The van der Waals surface area contributed by atoms with Gasteiger partial charge in [0.15, 0.2) is 0 Å². The molecule has 2 aliphatic rings. The number of anilines is 1. The second kappa shape index (κ2) is 9.20. The predicted octanol–water partition coefficient (Wildman–Crippen LogP) is 3.83. The van der Waals surface area contributed by atoms with E-state index >= 15 is 0 Å². The molecule has 0 atom stereocenters. The van der Waals surface area contributed by atoms with E-state index in [0.29, 0.717) is 17.9 Å². The standard InChI is InChI=1S/C25H26N4O2S/c30-24(29-14-12-18-7-1-3-9-21(18)29)17-32-22-10-4-2-8-20(22)25(31)26-15-19-16-28-13-6-5-11-23(28)27-19/h1-4,7-10,16H,5-6,11-15,17H2,(H,26,31). The van der Waals surface area contributed by atoms with Crippen molar-refractivity contribution in [2.75, 3.05) is 17.2 Å². The Morgan fingerprint density at radius 3 is 2.75 bits per heavy atom. The second-order valence-electron chi connectivity index (χ2n) is 8.19. The molecule has 0 saturated carbocycles. The Morgan fingerprint density at radius 1 is 1.00 bits per heavy atom. The van der Waals surface area contributed by atoms with E-state index in [1.54, 1.807) is 0 Å². The van der Waals surface area contributed by atoms with Crippen molar-refractivity contribution in [3.05, 3.63) is 77.4 Å². The number of para-hydroxylation sites is 1. The average Bonchev–Trinajstić information content (AvgIpc) is 3.45. The lowest BCUT2D eigenvalue weighted by molar-refractivity contribution is -0.116. The minimum absolute atomic E-state index is 0.0683. The molecule has 0 bridgehead atoms. The minimum atomic E-state index is -0.141. The molecule has 5 rings (SSSR count). The summed E-state index contributed by atoms with van der Waals surface area (Å²) in [5.74, 6) is 1.34. The molecule has 6 nitrogen and oxygen atoms in total. The fourth-order valence-electron chi connectivity index (χ4n) is 4.42. The number of carbonyl (C=O) groups excluding carboxylic acids is 2. The molecule has 0 fully saturated rings. The van der Waals surface area contributed by atoms with E-state index in [0.717, 1.165) is 48.0 Å². The number of hydrogen-bond acceptors (Lipinski definition) is 4. The summed E-state index contributed by atoms with van der Waals surface area (Å²) in [6, 6.07) is 15.5. The van der Waals surface area contributed by atoms with Crippen LogP contribution < -0.4 is 10.2 Å². The van der Waals surface area contributed by atoms with Gasteiger partial charge in [0, 0.05) is 36.3 Å². The first-order valence-corrected chi connectivity index (χ1v) is 12.1. The van der Waals surface area contributed by atoms with Crippen LogP contribution in [0.15, 0.2) is 59.6 Å². The molecule has 32 heavy (non-hydrogen) atoms. The Kier molecular flexibility index (Phi) is 5.99. The number of amides is 2. The van der Waals surface area contributed by atoms with Gasteiger partial charge in [-0.15, -0.1) is 11.8 Å². The molecule has 2 aromatic carbocycles. The summed E-state index contributed by atoms with van der Waals surface area (Å²) in [6.07, 6.45) is 6.30. The van der Waals surface area contributed by atoms with Crippen LogP contribution in [0.4, 0.5) is 5.69 Å². The zero-order chi connectivity index (χ0) is 21.9. The van der Waals surface area contributed by atoms with Crippen LogP contribution in [-0.4, -0.2) is 33.7 Å². The van der Waals surface area contributed by atoms with Crippen molar-refractivity contribution in [2.45, 2.75) is 43.7 Å². The van der Waals surface area contributed by atoms with Gasteiger partial charge in [0.1, 0.15) is 5.82 Å². The van der Waals surface area contributed by atoms with Crippen LogP contribution in [0.3, 0.4) is 0 Å². The highest BCUT2D eigenvalue weighted by atomic mass is 32.2. The summed E-state index contributed by atoms with van der Waals surface area (Å²) >= 11 is 1.42. The lowest BCUT2D eigenvalue weighted by Gasteiger charge is -2.17. The molecule has 7 heteroatoms. The fourth-order valence-corrected chi connectivity index (χ4v) is 5.34. The van der Waals surface area contributed by atoms with Crippen molar-refractivity contribution < 1.29 is 9.59 Å². The van der Waals surface area contributed by atoms with Crippen molar-refractivity contribution >= 4 is 29.3 Å². The Bertz CT molecular complexity index is 1130. The molecular formula is C25H26N4O2S. The van der Waals surface area contributed by atoms with Gasteiger partial charge in [-0.2, -0.15) is 0 Å². The number of rotatable bonds is 6. The van der Waals surface area contributed by atoms with Gasteiger partial charge >= 0.3 is 0 Å². The summed E-state index contributed by atoms with van der Waals surface area (Å²) in [5, 5.41) is 3.00. The number of fused-ring (bicyclic) bond motifs is 2. The first-order chi connectivity index (χ1) is 15.7. The third-order valence-electron chi connectivity index (χ3n) is 6.06. The number of imidazole rings is 1. The van der Waals surface area contributed by atoms with E-state index in [1.165, 1.54) is 30.2 Å². The predicted molar refractivity (Wildman–Crippen MR) is 126 cm³/mol. The van der Waals surface area contributed by atoms with Crippen LogP contribution in [0.25, 0.3) is 0 Å². The summed E-state index contributed by atoms with van der Waals surface area (Å²) in [6.45, 7) is 2.13. The van der Waals surface area contributed by atoms with Crippen molar-refractivity contribution in [2.24, 2.45) is 0 Å². The number of nitrogens with one attached hydrogen (secondary N) is 1. The monoisotopic (exact) mass is 446 g/mol. The van der Waals surface area contributed by atoms with Gasteiger partial charge in [0.05, 0.1) is 23.6 Å². The van der Waals surface area contributed by atoms with Crippen molar-refractivity contribution in [3.8, 4) is 0 Å². The SMILES string of the molecule is O=C(NCc1cn2c(n1)CCCC2)c1ccccc1SCC(=O)N1CCc2ccccc21. The zero-order valence-electron chi connectivity index (χ0n) is 17.9. The first-order valence-electron chi connectivity index (χ1n) is 11.1. The Labute approximate surface area is 192 Å². The summed E-state index contributed by atoms with van der Waals surface area (Å²) in [7, 11) is 0. The second-order valence-corrected chi connectivity index (χ2v) is 9.21. The lowest BCUT2D eigenvalue weighted by atomic mass is 10.2. The third kappa shape index (κ3) is 4.30. The van der Waals surface area contributed by atoms with Gasteiger partial charge in [-0.1, -0.05) is 30.3 Å². The lowest BCUT2D eigenvalue weighted by Crippen LogP contribution is -2.30. The number of aryl methyl sites for hydroxylation is 2. The van der Waals surface area contributed by atoms with E-state index in [9.17, 15) is 9.59 Å². The molecule has 0 radical (unpaired) electrons. The van der Waals surface area contributed by atoms with Crippen LogP contribution in [0.1, 0.15) is 40.3 Å². The highest BCUT2D eigenvalue weighted by molar-refractivity contribution is 8.00. The maximum atomic E-state index is 12.9. The van der Waals surface area contributed by atoms with E-state index in [2.05, 4.69) is 20.9 Å². The molecule has 0 aliphatic carbocycles. The summed E-state index contributed by atoms with van der Waals surface area (Å²) < 4.78 is 2.19. The molecule has 2 aliphatic heterocycles. The number of hydrogen-bond donors (Lipinski definition) is 1. The molecule has 2 amide bonds. The highest BCUT2D eigenvalue weighted by Crippen LogP contribution is 2.29. The number of nitrogens with zero attached hydrogens (tertiary/aromatic N) is 3. The van der Waals surface area contributed by atoms with Gasteiger partial charge in [-0.05, 0) is 43.0 Å². The van der Waals surface area contributed by atoms with Gasteiger partial charge in [0.25, 0.3) is 5.91 Å². The Morgan fingerprint density at radius 2 is 1.84 bits per heavy atom. The quantitative estimate of drug-likeness (QED) is 0.585. The normalized spacial score (nSPS) is 14.7. The molecule has 0 unspecified atom stereocenters. The van der Waals surface area contributed by atoms with E-state index in [-0.39, 0.29) is 11.8 Å². The molecular weight excluding hydrogens is 420 g/mol. The third-order valence-corrected chi connectivity index (χ3v) is 7.12. The molecule has 164 valence electrons. The maximum Gasteiger partial charge on any atom is 0.252 e. The number of aromatic nitrogens is 2. The van der Waals surface area contributed by atoms with E-state index < -0.39 is 0 Å². The van der Waals surface area contributed by atoms with Gasteiger partial charge in [-0.3, -0.25) is 9.59 Å². The smallest absolute Gasteiger partial charge is 0.252 e. The molecule has 0 saturated heterocycles. The number of carbonyl (C=O) groups is 2. The van der Waals surface area contributed by atoms with Gasteiger partial charge in [0.2, 0.25) is 5.91 Å². The number of thioether (sulfide) groups is 1. The molecule has 0 spiro atoms. The van der Waals surface area contributed by atoms with Crippen LogP contribution in [-0.2, 0) is 30.7 Å². The van der Waals surface area contributed by atoms with Crippen LogP contribution in [0.5, 0.6) is 0 Å². The minimum Gasteiger partial charge on any atom is -0.346 e. The Balaban J connectivity index is 1.21. The van der Waals surface area contributed by atoms with Crippen molar-refractivity contribution in [1.82, 2.24) is 14.9 Å². The number of benzene rings is 2.